The van der Waals surface area contributed by atoms with E-state index in [4.69, 9.17) is 10.5 Å². The lowest BCUT2D eigenvalue weighted by molar-refractivity contribution is 0.0531. The SMILES string of the molecule is CC(C)(C)CC(N)CNC(=O)N1CCOCC1. The van der Waals surface area contributed by atoms with E-state index in [9.17, 15) is 4.79 Å². The van der Waals surface area contributed by atoms with Crippen LogP contribution in [-0.4, -0.2) is 49.8 Å². The van der Waals surface area contributed by atoms with Gasteiger partial charge >= 0.3 is 6.03 Å². The van der Waals surface area contributed by atoms with Crippen LogP contribution < -0.4 is 11.1 Å². The predicted octanol–water partition coefficient (Wildman–Crippen LogP) is 0.792. The van der Waals surface area contributed by atoms with Gasteiger partial charge in [-0.1, -0.05) is 20.8 Å². The van der Waals surface area contributed by atoms with Gasteiger partial charge in [0, 0.05) is 25.7 Å². The van der Waals surface area contributed by atoms with Crippen molar-refractivity contribution in [3.8, 4) is 0 Å². The zero-order chi connectivity index (χ0) is 12.9. The first kappa shape index (κ1) is 14.3. The van der Waals surface area contributed by atoms with E-state index in [1.807, 2.05) is 0 Å². The van der Waals surface area contributed by atoms with Crippen molar-refractivity contribution in [2.45, 2.75) is 33.2 Å². The smallest absolute Gasteiger partial charge is 0.317 e. The number of amides is 2. The number of urea groups is 1. The molecule has 0 bridgehead atoms. The van der Waals surface area contributed by atoms with Crippen molar-refractivity contribution in [2.24, 2.45) is 11.1 Å². The highest BCUT2D eigenvalue weighted by atomic mass is 16.5. The van der Waals surface area contributed by atoms with E-state index < -0.39 is 0 Å². The summed E-state index contributed by atoms with van der Waals surface area (Å²) in [6.45, 7) is 9.57. The van der Waals surface area contributed by atoms with Gasteiger partial charge in [0.1, 0.15) is 0 Å². The Hall–Kier alpha value is -0.810. The molecule has 1 atom stereocenters. The summed E-state index contributed by atoms with van der Waals surface area (Å²) in [6.07, 6.45) is 0.899. The Balaban J connectivity index is 2.22. The molecule has 0 aromatic heterocycles. The highest BCUT2D eigenvalue weighted by Crippen LogP contribution is 2.19. The molecule has 1 saturated heterocycles. The van der Waals surface area contributed by atoms with Gasteiger partial charge in [0.15, 0.2) is 0 Å². The fourth-order valence-electron chi connectivity index (χ4n) is 1.96. The topological polar surface area (TPSA) is 67.6 Å². The van der Waals surface area contributed by atoms with Gasteiger partial charge in [0.25, 0.3) is 0 Å². The van der Waals surface area contributed by atoms with Crippen LogP contribution in [0.3, 0.4) is 0 Å². The minimum absolute atomic E-state index is 0.0139. The molecule has 0 saturated carbocycles. The van der Waals surface area contributed by atoms with E-state index >= 15 is 0 Å². The van der Waals surface area contributed by atoms with Crippen molar-refractivity contribution in [1.82, 2.24) is 10.2 Å². The van der Waals surface area contributed by atoms with Gasteiger partial charge < -0.3 is 20.7 Å². The number of nitrogens with two attached hydrogens (primary N) is 1. The van der Waals surface area contributed by atoms with Crippen LogP contribution in [0, 0.1) is 5.41 Å². The number of nitrogens with zero attached hydrogens (tertiary/aromatic N) is 1. The van der Waals surface area contributed by atoms with Gasteiger partial charge in [-0.3, -0.25) is 0 Å². The molecule has 0 aromatic carbocycles. The Morgan fingerprint density at radius 3 is 2.53 bits per heavy atom. The first-order chi connectivity index (χ1) is 7.88. The van der Waals surface area contributed by atoms with Crippen molar-refractivity contribution in [1.29, 1.82) is 0 Å². The molecule has 5 heteroatoms. The third-order valence-electron chi connectivity index (χ3n) is 2.69. The van der Waals surface area contributed by atoms with Crippen molar-refractivity contribution < 1.29 is 9.53 Å². The predicted molar refractivity (Wildman–Crippen MR) is 67.8 cm³/mol. The summed E-state index contributed by atoms with van der Waals surface area (Å²) >= 11 is 0. The zero-order valence-electron chi connectivity index (χ0n) is 11.2. The zero-order valence-corrected chi connectivity index (χ0v) is 11.2. The largest absolute Gasteiger partial charge is 0.378 e. The maximum absolute atomic E-state index is 11.8. The Morgan fingerprint density at radius 1 is 1.41 bits per heavy atom. The van der Waals surface area contributed by atoms with Crippen LogP contribution in [0.4, 0.5) is 4.79 Å². The molecule has 100 valence electrons. The second-order valence-electron chi connectivity index (χ2n) is 5.81. The summed E-state index contributed by atoms with van der Waals surface area (Å²) in [6, 6.07) is -0.0161. The third-order valence-corrected chi connectivity index (χ3v) is 2.69. The van der Waals surface area contributed by atoms with E-state index in [2.05, 4.69) is 26.1 Å². The van der Waals surface area contributed by atoms with Crippen LogP contribution in [-0.2, 0) is 4.74 Å². The molecule has 17 heavy (non-hydrogen) atoms. The third kappa shape index (κ3) is 5.89. The standard InChI is InChI=1S/C12H25N3O2/c1-12(2,3)8-10(13)9-14-11(16)15-4-6-17-7-5-15/h10H,4-9,13H2,1-3H3,(H,14,16). The minimum atomic E-state index is -0.0299. The number of morpholine rings is 1. The molecule has 1 heterocycles. The van der Waals surface area contributed by atoms with Crippen molar-refractivity contribution >= 4 is 6.03 Å². The van der Waals surface area contributed by atoms with Crippen molar-refractivity contribution in [3.63, 3.8) is 0 Å². The monoisotopic (exact) mass is 243 g/mol. The summed E-state index contributed by atoms with van der Waals surface area (Å²) in [5, 5.41) is 2.88. The molecule has 1 rings (SSSR count). The Bertz CT molecular complexity index is 245. The summed E-state index contributed by atoms with van der Waals surface area (Å²) in [4.78, 5) is 13.5. The number of ether oxygens (including phenoxy) is 1. The van der Waals surface area contributed by atoms with Crippen LogP contribution in [0.25, 0.3) is 0 Å². The summed E-state index contributed by atoms with van der Waals surface area (Å²) in [5.41, 5.74) is 6.18. The number of nitrogens with one attached hydrogen (secondary N) is 1. The molecule has 1 unspecified atom stereocenters. The van der Waals surface area contributed by atoms with Crippen LogP contribution in [0.1, 0.15) is 27.2 Å². The average Bonchev–Trinajstić information content (AvgIpc) is 2.25. The lowest BCUT2D eigenvalue weighted by Crippen LogP contribution is -2.49. The van der Waals surface area contributed by atoms with Crippen LogP contribution in [0.15, 0.2) is 0 Å². The Labute approximate surface area is 104 Å². The molecule has 1 fully saturated rings. The van der Waals surface area contributed by atoms with Crippen LogP contribution in [0.2, 0.25) is 0 Å². The maximum atomic E-state index is 11.8. The van der Waals surface area contributed by atoms with Gasteiger partial charge in [-0.15, -0.1) is 0 Å². The first-order valence-electron chi connectivity index (χ1n) is 6.24. The normalized spacial score (nSPS) is 18.9. The fraction of sp³-hybridized carbons (Fsp3) is 0.917. The summed E-state index contributed by atoms with van der Waals surface area (Å²) in [7, 11) is 0. The lowest BCUT2D eigenvalue weighted by atomic mass is 9.88. The highest BCUT2D eigenvalue weighted by molar-refractivity contribution is 5.74. The Morgan fingerprint density at radius 2 is 2.00 bits per heavy atom. The molecule has 2 amide bonds. The molecule has 0 aromatic rings. The molecule has 1 aliphatic heterocycles. The van der Waals surface area contributed by atoms with Crippen LogP contribution >= 0.6 is 0 Å². The molecule has 3 N–H and O–H groups in total. The maximum Gasteiger partial charge on any atom is 0.317 e. The average molecular weight is 243 g/mol. The van der Waals surface area contributed by atoms with E-state index in [0.717, 1.165) is 6.42 Å². The number of carbonyl (C=O) groups excluding carboxylic acids is 1. The van der Waals surface area contributed by atoms with E-state index in [0.29, 0.717) is 32.8 Å². The molecular formula is C12H25N3O2. The second-order valence-corrected chi connectivity index (χ2v) is 5.81. The fourth-order valence-corrected chi connectivity index (χ4v) is 1.96. The van der Waals surface area contributed by atoms with Gasteiger partial charge in [0.05, 0.1) is 13.2 Å². The molecule has 1 aliphatic rings. The molecule has 5 nitrogen and oxygen atoms in total. The Kier molecular flexibility index (Phi) is 5.21. The van der Waals surface area contributed by atoms with Crippen molar-refractivity contribution in [2.75, 3.05) is 32.8 Å². The summed E-state index contributed by atoms with van der Waals surface area (Å²) in [5.74, 6) is 0. The quantitative estimate of drug-likeness (QED) is 0.770. The van der Waals surface area contributed by atoms with E-state index in [-0.39, 0.29) is 17.5 Å². The van der Waals surface area contributed by atoms with Gasteiger partial charge in [0.2, 0.25) is 0 Å². The second kappa shape index (κ2) is 6.21. The lowest BCUT2D eigenvalue weighted by Gasteiger charge is -2.28. The number of rotatable bonds is 3. The van der Waals surface area contributed by atoms with E-state index in [1.165, 1.54) is 0 Å². The van der Waals surface area contributed by atoms with E-state index in [1.54, 1.807) is 4.90 Å². The number of hydrogen-bond donors (Lipinski definition) is 2. The minimum Gasteiger partial charge on any atom is -0.378 e. The van der Waals surface area contributed by atoms with Gasteiger partial charge in [-0.05, 0) is 11.8 Å². The number of hydrogen-bond acceptors (Lipinski definition) is 3. The summed E-state index contributed by atoms with van der Waals surface area (Å²) < 4.78 is 5.19. The van der Waals surface area contributed by atoms with Crippen molar-refractivity contribution in [3.05, 3.63) is 0 Å². The van der Waals surface area contributed by atoms with Gasteiger partial charge in [-0.25, -0.2) is 4.79 Å². The molecular weight excluding hydrogens is 218 g/mol. The molecule has 0 spiro atoms. The first-order valence-corrected chi connectivity index (χ1v) is 6.24. The highest BCUT2D eigenvalue weighted by Gasteiger charge is 2.19. The molecule has 0 aliphatic carbocycles. The number of carbonyl (C=O) groups is 1. The molecule has 0 radical (unpaired) electrons. The van der Waals surface area contributed by atoms with Crippen LogP contribution in [0.5, 0.6) is 0 Å². The van der Waals surface area contributed by atoms with Gasteiger partial charge in [-0.2, -0.15) is 0 Å².